The maximum absolute atomic E-state index is 3.20. The predicted molar refractivity (Wildman–Crippen MR) is 84.1 cm³/mol. The van der Waals surface area contributed by atoms with Gasteiger partial charge in [0.05, 0.1) is 0 Å². The molecule has 0 fully saturated rings. The molecule has 2 heteroatoms. The summed E-state index contributed by atoms with van der Waals surface area (Å²) in [7, 11) is 3.90. The lowest BCUT2D eigenvalue weighted by atomic mass is 9.78. The highest BCUT2D eigenvalue weighted by molar-refractivity contribution is 5.53. The monoisotopic (exact) mass is 254 g/mol. The van der Waals surface area contributed by atoms with Gasteiger partial charge < -0.3 is 10.6 Å². The molecular formula is C17H22N2. The van der Waals surface area contributed by atoms with Crippen LogP contribution in [-0.2, 0) is 5.41 Å². The van der Waals surface area contributed by atoms with Gasteiger partial charge in [-0.15, -0.1) is 0 Å². The lowest BCUT2D eigenvalue weighted by Crippen LogP contribution is -2.19. The second-order valence-electron chi connectivity index (χ2n) is 5.29. The molecule has 100 valence electrons. The average Bonchev–Trinajstić information content (AvgIpc) is 2.47. The van der Waals surface area contributed by atoms with E-state index in [-0.39, 0.29) is 5.41 Å². The molecule has 0 spiro atoms. The van der Waals surface area contributed by atoms with Crippen LogP contribution in [0.15, 0.2) is 48.5 Å². The van der Waals surface area contributed by atoms with Crippen molar-refractivity contribution in [2.45, 2.75) is 19.3 Å². The number of hydrogen-bond acceptors (Lipinski definition) is 2. The maximum atomic E-state index is 3.20. The summed E-state index contributed by atoms with van der Waals surface area (Å²) in [5, 5.41) is 6.40. The SMILES string of the molecule is CNc1cccc(C(C)(C)c2cccc(NC)c2)c1. The first-order chi connectivity index (χ1) is 9.07. The Balaban J connectivity index is 2.44. The van der Waals surface area contributed by atoms with Crippen LogP contribution in [0, 0.1) is 0 Å². The van der Waals surface area contributed by atoms with Crippen LogP contribution < -0.4 is 10.6 Å². The maximum Gasteiger partial charge on any atom is 0.0340 e. The third-order valence-electron chi connectivity index (χ3n) is 3.75. The van der Waals surface area contributed by atoms with Crippen LogP contribution in [0.3, 0.4) is 0 Å². The molecule has 0 aliphatic carbocycles. The van der Waals surface area contributed by atoms with Crippen molar-refractivity contribution in [1.82, 2.24) is 0 Å². The zero-order chi connectivity index (χ0) is 13.9. The topological polar surface area (TPSA) is 24.1 Å². The minimum atomic E-state index is -0.0142. The molecular weight excluding hydrogens is 232 g/mol. The van der Waals surface area contributed by atoms with Crippen molar-refractivity contribution in [2.24, 2.45) is 0 Å². The van der Waals surface area contributed by atoms with Crippen LogP contribution >= 0.6 is 0 Å². The van der Waals surface area contributed by atoms with Crippen LogP contribution in [0.1, 0.15) is 25.0 Å². The molecule has 0 saturated heterocycles. The third kappa shape index (κ3) is 2.73. The standard InChI is InChI=1S/C17H22N2/c1-17(2,13-7-5-9-15(11-13)18-3)14-8-6-10-16(12-14)19-4/h5-12,18-19H,1-4H3. The fraction of sp³-hybridized carbons (Fsp3) is 0.294. The van der Waals surface area contributed by atoms with E-state index in [1.54, 1.807) is 0 Å². The Morgan fingerprint density at radius 3 is 1.53 bits per heavy atom. The summed E-state index contributed by atoms with van der Waals surface area (Å²) in [4.78, 5) is 0. The predicted octanol–water partition coefficient (Wildman–Crippen LogP) is 4.10. The largest absolute Gasteiger partial charge is 0.388 e. The molecule has 2 aromatic carbocycles. The zero-order valence-electron chi connectivity index (χ0n) is 12.1. The van der Waals surface area contributed by atoms with Crippen LogP contribution in [0.4, 0.5) is 11.4 Å². The van der Waals surface area contributed by atoms with Gasteiger partial charge in [-0.25, -0.2) is 0 Å². The molecule has 0 aromatic heterocycles. The molecule has 0 heterocycles. The van der Waals surface area contributed by atoms with Gasteiger partial charge in [-0.2, -0.15) is 0 Å². The van der Waals surface area contributed by atoms with E-state index in [1.165, 1.54) is 11.1 Å². The molecule has 2 nitrogen and oxygen atoms in total. The van der Waals surface area contributed by atoms with E-state index in [1.807, 2.05) is 14.1 Å². The first kappa shape index (κ1) is 13.5. The second kappa shape index (κ2) is 5.35. The number of benzene rings is 2. The summed E-state index contributed by atoms with van der Waals surface area (Å²) in [5.74, 6) is 0. The van der Waals surface area contributed by atoms with Crippen LogP contribution in [0.25, 0.3) is 0 Å². The second-order valence-corrected chi connectivity index (χ2v) is 5.29. The number of hydrogen-bond donors (Lipinski definition) is 2. The highest BCUT2D eigenvalue weighted by Gasteiger charge is 2.23. The summed E-state index contributed by atoms with van der Waals surface area (Å²) >= 11 is 0. The summed E-state index contributed by atoms with van der Waals surface area (Å²) in [6.45, 7) is 4.52. The highest BCUT2D eigenvalue weighted by Crippen LogP contribution is 2.33. The van der Waals surface area contributed by atoms with E-state index in [4.69, 9.17) is 0 Å². The zero-order valence-corrected chi connectivity index (χ0v) is 12.1. The minimum Gasteiger partial charge on any atom is -0.388 e. The van der Waals surface area contributed by atoms with E-state index in [9.17, 15) is 0 Å². The van der Waals surface area contributed by atoms with Gasteiger partial charge in [0, 0.05) is 30.9 Å². The van der Waals surface area contributed by atoms with Gasteiger partial charge >= 0.3 is 0 Å². The summed E-state index contributed by atoms with van der Waals surface area (Å²) in [6.07, 6.45) is 0. The number of nitrogens with one attached hydrogen (secondary N) is 2. The quantitative estimate of drug-likeness (QED) is 0.858. The van der Waals surface area contributed by atoms with Gasteiger partial charge in [0.15, 0.2) is 0 Å². The average molecular weight is 254 g/mol. The summed E-state index contributed by atoms with van der Waals surface area (Å²) < 4.78 is 0. The molecule has 19 heavy (non-hydrogen) atoms. The Kier molecular flexibility index (Phi) is 3.79. The van der Waals surface area contributed by atoms with Crippen molar-refractivity contribution in [3.05, 3.63) is 59.7 Å². The molecule has 2 rings (SSSR count). The fourth-order valence-electron chi connectivity index (χ4n) is 2.29. The lowest BCUT2D eigenvalue weighted by Gasteiger charge is -2.27. The van der Waals surface area contributed by atoms with Crippen LogP contribution in [0.5, 0.6) is 0 Å². The molecule has 0 bridgehead atoms. The summed E-state index contributed by atoms with van der Waals surface area (Å²) in [6, 6.07) is 17.2. The Hall–Kier alpha value is -1.96. The molecule has 0 aliphatic heterocycles. The Morgan fingerprint density at radius 2 is 1.16 bits per heavy atom. The fourth-order valence-corrected chi connectivity index (χ4v) is 2.29. The number of anilines is 2. The van der Waals surface area contributed by atoms with Gasteiger partial charge in [0.25, 0.3) is 0 Å². The van der Waals surface area contributed by atoms with E-state index < -0.39 is 0 Å². The minimum absolute atomic E-state index is 0.0142. The van der Waals surface area contributed by atoms with Gasteiger partial charge in [0.1, 0.15) is 0 Å². The van der Waals surface area contributed by atoms with Gasteiger partial charge in [0.2, 0.25) is 0 Å². The molecule has 0 atom stereocenters. The van der Waals surface area contributed by atoms with Crippen molar-refractivity contribution >= 4 is 11.4 Å². The molecule has 0 saturated carbocycles. The first-order valence-electron chi connectivity index (χ1n) is 6.64. The first-order valence-corrected chi connectivity index (χ1v) is 6.64. The van der Waals surface area contributed by atoms with E-state index in [2.05, 4.69) is 73.0 Å². The van der Waals surface area contributed by atoms with Crippen LogP contribution in [0.2, 0.25) is 0 Å². The van der Waals surface area contributed by atoms with E-state index in [0.29, 0.717) is 0 Å². The van der Waals surface area contributed by atoms with Gasteiger partial charge in [-0.05, 0) is 35.4 Å². The molecule has 2 aromatic rings. The van der Waals surface area contributed by atoms with Gasteiger partial charge in [-0.3, -0.25) is 0 Å². The van der Waals surface area contributed by atoms with Crippen LogP contribution in [-0.4, -0.2) is 14.1 Å². The van der Waals surface area contributed by atoms with Crippen molar-refractivity contribution in [2.75, 3.05) is 24.7 Å². The molecule has 0 aliphatic rings. The van der Waals surface area contributed by atoms with E-state index in [0.717, 1.165) is 11.4 Å². The van der Waals surface area contributed by atoms with Crippen molar-refractivity contribution in [3.8, 4) is 0 Å². The summed E-state index contributed by atoms with van der Waals surface area (Å²) in [5.41, 5.74) is 4.91. The van der Waals surface area contributed by atoms with E-state index >= 15 is 0 Å². The highest BCUT2D eigenvalue weighted by atomic mass is 14.8. The van der Waals surface area contributed by atoms with Gasteiger partial charge in [-0.1, -0.05) is 38.1 Å². The number of rotatable bonds is 4. The Labute approximate surface area is 115 Å². The molecule has 0 unspecified atom stereocenters. The van der Waals surface area contributed by atoms with Crippen molar-refractivity contribution in [3.63, 3.8) is 0 Å². The Morgan fingerprint density at radius 1 is 0.737 bits per heavy atom. The smallest absolute Gasteiger partial charge is 0.0340 e. The molecule has 0 amide bonds. The molecule has 2 N–H and O–H groups in total. The third-order valence-corrected chi connectivity index (χ3v) is 3.75. The Bertz CT molecular complexity index is 509. The molecule has 0 radical (unpaired) electrons. The lowest BCUT2D eigenvalue weighted by molar-refractivity contribution is 0.641. The van der Waals surface area contributed by atoms with Crippen molar-refractivity contribution < 1.29 is 0 Å². The normalized spacial score (nSPS) is 11.2. The van der Waals surface area contributed by atoms with Crippen molar-refractivity contribution in [1.29, 1.82) is 0 Å².